The number of aromatic amines is 1. The van der Waals surface area contributed by atoms with Crippen LogP contribution in [0, 0.1) is 0 Å². The van der Waals surface area contributed by atoms with Crippen molar-refractivity contribution in [1.29, 1.82) is 0 Å². The fourth-order valence-electron chi connectivity index (χ4n) is 3.40. The molecule has 0 radical (unpaired) electrons. The van der Waals surface area contributed by atoms with Gasteiger partial charge in [-0.2, -0.15) is 0 Å². The molecule has 0 saturated heterocycles. The number of hydrogen-bond donors (Lipinski definition) is 3. The first kappa shape index (κ1) is 19.3. The number of H-pyrrole nitrogens is 1. The van der Waals surface area contributed by atoms with Crippen LogP contribution in [0.1, 0.15) is 17.3 Å². The Morgan fingerprint density at radius 3 is 2.63 bits per heavy atom. The molecule has 0 atom stereocenters. The topological polar surface area (TPSA) is 97.2 Å². The molecule has 4 rings (SSSR count). The first-order valence-electron chi connectivity index (χ1n) is 9.62. The molecule has 150 valence electrons. The first-order valence-corrected chi connectivity index (χ1v) is 9.62. The number of ether oxygens (including phenoxy) is 1. The standard InChI is InChI=1S/C24H21N3O3/c1-2-30-22-10-6-4-7-17(22)16-12-11-15(25)13-21(16)27-24(29)19-14-26-20-9-5-3-8-18(20)23(19)28/h3-14H,2,25H2,1H3,(H,26,28)(H,27,29). The molecule has 4 aromatic rings. The van der Waals surface area contributed by atoms with Gasteiger partial charge in [-0.05, 0) is 37.3 Å². The maximum Gasteiger partial charge on any atom is 0.261 e. The molecule has 0 aliphatic carbocycles. The summed E-state index contributed by atoms with van der Waals surface area (Å²) in [5, 5.41) is 3.30. The number of rotatable bonds is 5. The summed E-state index contributed by atoms with van der Waals surface area (Å²) in [4.78, 5) is 28.8. The molecule has 0 aliphatic heterocycles. The quantitative estimate of drug-likeness (QED) is 0.433. The summed E-state index contributed by atoms with van der Waals surface area (Å²) in [5.41, 5.74) is 8.91. The lowest BCUT2D eigenvalue weighted by Crippen LogP contribution is -2.22. The summed E-state index contributed by atoms with van der Waals surface area (Å²) in [6.07, 6.45) is 1.43. The second-order valence-electron chi connectivity index (χ2n) is 6.77. The number of aromatic nitrogens is 1. The normalized spacial score (nSPS) is 10.7. The van der Waals surface area contributed by atoms with Crippen LogP contribution in [0.3, 0.4) is 0 Å². The van der Waals surface area contributed by atoms with Crippen LogP contribution < -0.4 is 21.2 Å². The molecule has 0 fully saturated rings. The Balaban J connectivity index is 1.76. The van der Waals surface area contributed by atoms with E-state index >= 15 is 0 Å². The molecule has 0 unspecified atom stereocenters. The summed E-state index contributed by atoms with van der Waals surface area (Å²) < 4.78 is 5.73. The Labute approximate surface area is 173 Å². The van der Waals surface area contributed by atoms with Crippen LogP contribution in [0.25, 0.3) is 22.0 Å². The van der Waals surface area contributed by atoms with E-state index in [9.17, 15) is 9.59 Å². The van der Waals surface area contributed by atoms with Crippen molar-refractivity contribution >= 4 is 28.2 Å². The fourth-order valence-corrected chi connectivity index (χ4v) is 3.40. The minimum absolute atomic E-state index is 0.0279. The first-order chi connectivity index (χ1) is 14.6. The van der Waals surface area contributed by atoms with Crippen molar-refractivity contribution < 1.29 is 9.53 Å². The van der Waals surface area contributed by atoms with Gasteiger partial charge in [0, 0.05) is 33.9 Å². The number of hydrogen-bond acceptors (Lipinski definition) is 4. The number of carbonyl (C=O) groups is 1. The highest BCUT2D eigenvalue weighted by Crippen LogP contribution is 2.36. The van der Waals surface area contributed by atoms with Crippen molar-refractivity contribution in [3.8, 4) is 16.9 Å². The smallest absolute Gasteiger partial charge is 0.261 e. The fraction of sp³-hybridized carbons (Fsp3) is 0.0833. The third kappa shape index (κ3) is 3.63. The van der Waals surface area contributed by atoms with Crippen LogP contribution in [-0.2, 0) is 0 Å². The Bertz CT molecular complexity index is 1290. The van der Waals surface area contributed by atoms with E-state index in [1.54, 1.807) is 30.3 Å². The number of nitrogens with one attached hydrogen (secondary N) is 2. The van der Waals surface area contributed by atoms with E-state index in [0.717, 1.165) is 11.1 Å². The van der Waals surface area contributed by atoms with E-state index < -0.39 is 5.91 Å². The van der Waals surface area contributed by atoms with Crippen molar-refractivity contribution in [3.05, 3.63) is 88.7 Å². The van der Waals surface area contributed by atoms with Crippen molar-refractivity contribution in [2.24, 2.45) is 0 Å². The Kier molecular flexibility index (Phi) is 5.22. The molecule has 1 aromatic heterocycles. The third-order valence-corrected chi connectivity index (χ3v) is 4.80. The highest BCUT2D eigenvalue weighted by atomic mass is 16.5. The van der Waals surface area contributed by atoms with E-state index in [1.165, 1.54) is 6.20 Å². The lowest BCUT2D eigenvalue weighted by Gasteiger charge is -2.15. The van der Waals surface area contributed by atoms with E-state index in [-0.39, 0.29) is 11.0 Å². The summed E-state index contributed by atoms with van der Waals surface area (Å²) in [7, 11) is 0. The van der Waals surface area contributed by atoms with Gasteiger partial charge in [0.25, 0.3) is 5.91 Å². The van der Waals surface area contributed by atoms with Crippen LogP contribution in [-0.4, -0.2) is 17.5 Å². The summed E-state index contributed by atoms with van der Waals surface area (Å²) in [6.45, 7) is 2.43. The molecule has 0 bridgehead atoms. The second kappa shape index (κ2) is 8.13. The van der Waals surface area contributed by atoms with Gasteiger partial charge in [-0.25, -0.2) is 0 Å². The van der Waals surface area contributed by atoms with Gasteiger partial charge in [-0.15, -0.1) is 0 Å². The SMILES string of the molecule is CCOc1ccccc1-c1ccc(N)cc1NC(=O)c1c[nH]c2ccccc2c1=O. The monoisotopic (exact) mass is 399 g/mol. The molecule has 1 heterocycles. The van der Waals surface area contributed by atoms with Crippen molar-refractivity contribution in [2.75, 3.05) is 17.7 Å². The van der Waals surface area contributed by atoms with E-state index in [0.29, 0.717) is 34.6 Å². The Morgan fingerprint density at radius 2 is 1.80 bits per heavy atom. The second-order valence-corrected chi connectivity index (χ2v) is 6.77. The predicted octanol–water partition coefficient (Wildman–Crippen LogP) is 4.43. The number of para-hydroxylation sites is 2. The molecule has 30 heavy (non-hydrogen) atoms. The highest BCUT2D eigenvalue weighted by molar-refractivity contribution is 6.08. The zero-order valence-electron chi connectivity index (χ0n) is 16.4. The van der Waals surface area contributed by atoms with Gasteiger partial charge in [-0.1, -0.05) is 36.4 Å². The van der Waals surface area contributed by atoms with Gasteiger partial charge in [0.05, 0.1) is 12.3 Å². The largest absolute Gasteiger partial charge is 0.493 e. The minimum atomic E-state index is -0.511. The third-order valence-electron chi connectivity index (χ3n) is 4.80. The van der Waals surface area contributed by atoms with Gasteiger partial charge in [-0.3, -0.25) is 9.59 Å². The van der Waals surface area contributed by atoms with Gasteiger partial charge in [0.1, 0.15) is 11.3 Å². The van der Waals surface area contributed by atoms with E-state index in [2.05, 4.69) is 10.3 Å². The van der Waals surface area contributed by atoms with Crippen molar-refractivity contribution in [1.82, 2.24) is 4.98 Å². The molecule has 0 spiro atoms. The zero-order valence-corrected chi connectivity index (χ0v) is 16.4. The van der Waals surface area contributed by atoms with Crippen molar-refractivity contribution in [2.45, 2.75) is 6.92 Å². The Hall–Kier alpha value is -4.06. The molecule has 6 heteroatoms. The summed E-state index contributed by atoms with van der Waals surface area (Å²) in [6, 6.07) is 19.9. The van der Waals surface area contributed by atoms with E-state index in [1.807, 2.05) is 43.3 Å². The van der Waals surface area contributed by atoms with Crippen LogP contribution in [0.4, 0.5) is 11.4 Å². The highest BCUT2D eigenvalue weighted by Gasteiger charge is 2.17. The summed E-state index contributed by atoms with van der Waals surface area (Å²) >= 11 is 0. The minimum Gasteiger partial charge on any atom is -0.493 e. The number of nitrogens with two attached hydrogens (primary N) is 1. The van der Waals surface area contributed by atoms with E-state index in [4.69, 9.17) is 10.5 Å². The number of anilines is 2. The van der Waals surface area contributed by atoms with Crippen LogP contribution in [0.5, 0.6) is 5.75 Å². The Morgan fingerprint density at radius 1 is 1.03 bits per heavy atom. The van der Waals surface area contributed by atoms with Gasteiger partial charge >= 0.3 is 0 Å². The number of fused-ring (bicyclic) bond motifs is 1. The molecule has 3 aromatic carbocycles. The maximum atomic E-state index is 13.0. The number of amides is 1. The van der Waals surface area contributed by atoms with Crippen LogP contribution in [0.15, 0.2) is 77.7 Å². The van der Waals surface area contributed by atoms with Crippen LogP contribution >= 0.6 is 0 Å². The van der Waals surface area contributed by atoms with Crippen LogP contribution in [0.2, 0.25) is 0 Å². The average Bonchev–Trinajstić information content (AvgIpc) is 2.75. The maximum absolute atomic E-state index is 13.0. The lowest BCUT2D eigenvalue weighted by molar-refractivity contribution is 0.102. The number of benzene rings is 3. The lowest BCUT2D eigenvalue weighted by atomic mass is 10.0. The van der Waals surface area contributed by atoms with Gasteiger partial charge < -0.3 is 20.8 Å². The molecule has 6 nitrogen and oxygen atoms in total. The molecule has 1 amide bonds. The summed E-state index contributed by atoms with van der Waals surface area (Å²) in [5.74, 6) is 0.187. The van der Waals surface area contributed by atoms with Gasteiger partial charge in [0.15, 0.2) is 0 Å². The zero-order chi connectivity index (χ0) is 21.1. The predicted molar refractivity (Wildman–Crippen MR) is 120 cm³/mol. The molecule has 0 aliphatic rings. The molecule has 0 saturated carbocycles. The van der Waals surface area contributed by atoms with Gasteiger partial charge in [0.2, 0.25) is 5.43 Å². The van der Waals surface area contributed by atoms with Crippen molar-refractivity contribution in [3.63, 3.8) is 0 Å². The number of nitrogen functional groups attached to an aromatic ring is 1. The average molecular weight is 399 g/mol. The molecular weight excluding hydrogens is 378 g/mol. The number of pyridine rings is 1. The number of carbonyl (C=O) groups excluding carboxylic acids is 1. The molecule has 4 N–H and O–H groups in total. The molecular formula is C24H21N3O3.